The van der Waals surface area contributed by atoms with Crippen molar-refractivity contribution in [2.75, 3.05) is 26.4 Å². The Bertz CT molecular complexity index is 1290. The van der Waals surface area contributed by atoms with Crippen LogP contribution in [0.5, 0.6) is 0 Å². The summed E-state index contributed by atoms with van der Waals surface area (Å²) in [5.74, 6) is 10.9. The predicted octanol–water partition coefficient (Wildman–Crippen LogP) is 3.22. The third-order valence-electron chi connectivity index (χ3n) is 5.87. The maximum atomic E-state index is 13.3. The first-order chi connectivity index (χ1) is 19.4. The van der Waals surface area contributed by atoms with Crippen molar-refractivity contribution in [1.29, 1.82) is 5.26 Å². The van der Waals surface area contributed by atoms with Crippen LogP contribution in [0.15, 0.2) is 15.8 Å². The van der Waals surface area contributed by atoms with Gasteiger partial charge in [-0.3, -0.25) is 23.4 Å². The number of hydrogen-bond acceptors (Lipinski definition) is 8. The minimum Gasteiger partial charge on any atom is -0.376 e. The molecule has 1 aliphatic rings. The van der Waals surface area contributed by atoms with E-state index in [0.29, 0.717) is 45.1 Å². The van der Waals surface area contributed by atoms with Crippen LogP contribution in [0.1, 0.15) is 76.5 Å². The molecule has 0 radical (unpaired) electrons. The van der Waals surface area contributed by atoms with Crippen LogP contribution in [0, 0.1) is 47.9 Å². The van der Waals surface area contributed by atoms with Crippen molar-refractivity contribution < 1.29 is 23.1 Å². The van der Waals surface area contributed by atoms with Crippen LogP contribution < -0.4 is 16.3 Å². The lowest BCUT2D eigenvalue weighted by molar-refractivity contribution is -0.0344. The second-order valence-electron chi connectivity index (χ2n) is 8.88. The number of H-pyrrole nitrogens is 1. The van der Waals surface area contributed by atoms with E-state index in [1.165, 1.54) is 10.8 Å². The Morgan fingerprint density at radius 1 is 1.12 bits per heavy atom. The Kier molecular flexibility index (Phi) is 15.1. The number of terminal acetylenes is 2. The van der Waals surface area contributed by atoms with Crippen molar-refractivity contribution in [1.82, 2.24) is 14.6 Å². The average Bonchev–Trinajstić information content (AvgIpc) is 3.33. The molecule has 2 heterocycles. The quantitative estimate of drug-likeness (QED) is 0.163. The summed E-state index contributed by atoms with van der Waals surface area (Å²) in [5.41, 5.74) is -1.08. The number of nitrogens with zero attached hydrogens (tertiary/aromatic N) is 2. The molecule has 0 aromatic carbocycles. The molecule has 1 aromatic heterocycles. The summed E-state index contributed by atoms with van der Waals surface area (Å²) >= 11 is 0. The first-order valence-corrected chi connectivity index (χ1v) is 14.9. The van der Waals surface area contributed by atoms with Gasteiger partial charge < -0.3 is 9.47 Å². The average molecular weight is 573 g/mol. The molecule has 1 unspecified atom stereocenters. The topological polar surface area (TPSA) is 145 Å². The van der Waals surface area contributed by atoms with E-state index in [4.69, 9.17) is 36.6 Å². The van der Waals surface area contributed by atoms with Gasteiger partial charge in [0.25, 0.3) is 5.56 Å². The molecule has 1 aromatic rings. The number of unbranched alkanes of at least 4 members (excludes halogenated alkanes) is 5. The molecule has 4 atom stereocenters. The first-order valence-electron chi connectivity index (χ1n) is 13.4. The van der Waals surface area contributed by atoms with Gasteiger partial charge in [0.15, 0.2) is 0 Å². The van der Waals surface area contributed by atoms with Crippen LogP contribution in [0.2, 0.25) is 0 Å². The smallest absolute Gasteiger partial charge is 0.376 e. The maximum absolute atomic E-state index is 13.3. The molecule has 11 nitrogen and oxygen atoms in total. The summed E-state index contributed by atoms with van der Waals surface area (Å²) in [5, 5.41) is 11.6. The zero-order chi connectivity index (χ0) is 29.2. The number of aromatic amines is 1. The van der Waals surface area contributed by atoms with Crippen molar-refractivity contribution in [3.63, 3.8) is 0 Å². The second kappa shape index (κ2) is 18.3. The van der Waals surface area contributed by atoms with Gasteiger partial charge in [-0.15, -0.1) is 24.7 Å². The monoisotopic (exact) mass is 572 g/mol. The number of aromatic nitrogens is 2. The number of nitriles is 1. The Hall–Kier alpha value is -3.12. The fourth-order valence-corrected chi connectivity index (χ4v) is 5.25. The molecular weight excluding hydrogens is 535 g/mol. The van der Waals surface area contributed by atoms with Gasteiger partial charge in [0.2, 0.25) is 0 Å². The third kappa shape index (κ3) is 11.2. The van der Waals surface area contributed by atoms with Crippen LogP contribution in [0.4, 0.5) is 0 Å². The summed E-state index contributed by atoms with van der Waals surface area (Å²) in [6.07, 6.45) is 15.2. The summed E-state index contributed by atoms with van der Waals surface area (Å²) in [7, 11) is -3.77. The molecule has 0 aliphatic carbocycles. The third-order valence-corrected chi connectivity index (χ3v) is 7.49. The van der Waals surface area contributed by atoms with E-state index in [9.17, 15) is 14.2 Å². The zero-order valence-corrected chi connectivity index (χ0v) is 23.8. The lowest BCUT2D eigenvalue weighted by Gasteiger charge is -2.23. The summed E-state index contributed by atoms with van der Waals surface area (Å²) in [6, 6.07) is 1.94. The lowest BCUT2D eigenvalue weighted by atomic mass is 10.1. The van der Waals surface area contributed by atoms with Crippen LogP contribution in [0.25, 0.3) is 0 Å². The predicted molar refractivity (Wildman–Crippen MR) is 150 cm³/mol. The van der Waals surface area contributed by atoms with E-state index in [-0.39, 0.29) is 31.7 Å². The highest BCUT2D eigenvalue weighted by Gasteiger charge is 2.39. The van der Waals surface area contributed by atoms with Gasteiger partial charge in [0.1, 0.15) is 11.8 Å². The van der Waals surface area contributed by atoms with Crippen molar-refractivity contribution >= 4 is 7.75 Å². The van der Waals surface area contributed by atoms with Gasteiger partial charge in [-0.25, -0.2) is 14.4 Å². The molecule has 2 N–H and O–H groups in total. The van der Waals surface area contributed by atoms with Crippen LogP contribution in [-0.4, -0.2) is 48.1 Å². The molecular formula is C28H37N4O7P. The van der Waals surface area contributed by atoms with Crippen LogP contribution in [-0.2, 0) is 23.1 Å². The van der Waals surface area contributed by atoms with Gasteiger partial charge in [0, 0.05) is 45.0 Å². The van der Waals surface area contributed by atoms with Crippen LogP contribution >= 0.6 is 7.75 Å². The standard InChI is InChI=1S/C28H37N4O7P/c1-4-7-9-11-12-13-16-23-22-32(28(34)31-27(23)33)26-20-24(36-6-3)25(39-26)21-30-40(35,38-19-15-17-29)37-18-14-10-8-5-2/h1-2,22,24-26H,6-12,14-15,18-21H2,3H3,(H,30,35)(H,31,33,34)/t24-,25-,26-,40?/m1/s1. The minimum absolute atomic E-state index is 0.0256. The fraction of sp³-hybridized carbons (Fsp3) is 0.607. The molecule has 1 fully saturated rings. The second-order valence-corrected chi connectivity index (χ2v) is 10.7. The van der Waals surface area contributed by atoms with Gasteiger partial charge >= 0.3 is 13.4 Å². The maximum Gasteiger partial charge on any atom is 0.405 e. The Morgan fingerprint density at radius 3 is 2.52 bits per heavy atom. The summed E-state index contributed by atoms with van der Waals surface area (Å²) in [4.78, 5) is 27.2. The fourth-order valence-electron chi connectivity index (χ4n) is 3.89. The number of ether oxygens (including phenoxy) is 2. The normalized spacial score (nSPS) is 19.5. The van der Waals surface area contributed by atoms with E-state index >= 15 is 0 Å². The van der Waals surface area contributed by atoms with Crippen LogP contribution in [0.3, 0.4) is 0 Å². The molecule has 12 heteroatoms. The van der Waals surface area contributed by atoms with Crippen molar-refractivity contribution in [3.05, 3.63) is 32.6 Å². The Labute approximate surface area is 235 Å². The first kappa shape index (κ1) is 33.1. The van der Waals surface area contributed by atoms with Crippen molar-refractivity contribution in [2.24, 2.45) is 0 Å². The van der Waals surface area contributed by atoms with Crippen molar-refractivity contribution in [2.45, 2.75) is 83.1 Å². The molecule has 0 saturated carbocycles. The van der Waals surface area contributed by atoms with E-state index in [1.807, 2.05) is 13.0 Å². The Morgan fingerprint density at radius 2 is 1.82 bits per heavy atom. The molecule has 1 saturated heterocycles. The zero-order valence-electron chi connectivity index (χ0n) is 22.9. The minimum atomic E-state index is -3.77. The highest BCUT2D eigenvalue weighted by molar-refractivity contribution is 7.51. The highest BCUT2D eigenvalue weighted by atomic mass is 31.2. The molecule has 0 amide bonds. The molecule has 40 heavy (non-hydrogen) atoms. The van der Waals surface area contributed by atoms with E-state index < -0.39 is 37.4 Å². The molecule has 1 aliphatic heterocycles. The van der Waals surface area contributed by atoms with Crippen molar-refractivity contribution in [3.8, 4) is 42.6 Å². The molecule has 0 bridgehead atoms. The molecule has 216 valence electrons. The van der Waals surface area contributed by atoms with E-state index in [1.54, 1.807) is 0 Å². The lowest BCUT2D eigenvalue weighted by Crippen LogP contribution is -2.35. The number of rotatable bonds is 17. The molecule has 2 rings (SSSR count). The van der Waals surface area contributed by atoms with E-state index in [0.717, 1.165) is 12.8 Å². The number of hydrogen-bond donors (Lipinski definition) is 2. The summed E-state index contributed by atoms with van der Waals surface area (Å²) < 4.78 is 37.5. The van der Waals surface area contributed by atoms with E-state index in [2.05, 4.69) is 33.8 Å². The molecule has 0 spiro atoms. The summed E-state index contributed by atoms with van der Waals surface area (Å²) in [6.45, 7) is 2.32. The SMILES string of the molecule is C#CCCCCC#Cc1cn([C@H]2C[C@@H](OCC)[C@@H](CNP(=O)(OCCC#N)OCCCCC#C)O2)c(=O)[nH]c1=O. The van der Waals surface area contributed by atoms with Gasteiger partial charge in [-0.2, -0.15) is 5.26 Å². The van der Waals surface area contributed by atoms with Gasteiger partial charge in [-0.1, -0.05) is 11.8 Å². The highest BCUT2D eigenvalue weighted by Crippen LogP contribution is 2.44. The largest absolute Gasteiger partial charge is 0.405 e. The van der Waals surface area contributed by atoms with Gasteiger partial charge in [-0.05, 0) is 32.6 Å². The van der Waals surface area contributed by atoms with Gasteiger partial charge in [0.05, 0.1) is 37.9 Å². The number of nitrogens with one attached hydrogen (secondary N) is 2. The Balaban J connectivity index is 2.13.